The maximum absolute atomic E-state index is 13.4. The molecule has 5 rings (SSSR count). The van der Waals surface area contributed by atoms with E-state index in [4.69, 9.17) is 0 Å². The maximum Gasteiger partial charge on any atom is 0.275 e. The van der Waals surface area contributed by atoms with E-state index in [1.165, 1.54) is 23.5 Å². The van der Waals surface area contributed by atoms with Crippen LogP contribution in [-0.2, 0) is 11.2 Å². The average Bonchev–Trinajstić information content (AvgIpc) is 3.54. The Bertz CT molecular complexity index is 1460. The Morgan fingerprint density at radius 3 is 2.68 bits per heavy atom. The molecule has 1 aromatic carbocycles. The van der Waals surface area contributed by atoms with Gasteiger partial charge in [0.1, 0.15) is 11.5 Å². The van der Waals surface area contributed by atoms with Gasteiger partial charge in [0.05, 0.1) is 16.4 Å². The highest BCUT2D eigenvalue weighted by molar-refractivity contribution is 7.10. The number of rotatable bonds is 7. The molecule has 1 aliphatic heterocycles. The highest BCUT2D eigenvalue weighted by atomic mass is 32.1. The zero-order valence-electron chi connectivity index (χ0n) is 21.4. The summed E-state index contributed by atoms with van der Waals surface area (Å²) in [4.78, 5) is 36.6. The number of aromatic nitrogens is 4. The van der Waals surface area contributed by atoms with Gasteiger partial charge in [0.25, 0.3) is 5.91 Å². The van der Waals surface area contributed by atoms with E-state index in [2.05, 4.69) is 20.4 Å². The molecule has 4 aromatic rings. The minimum Gasteiger partial charge on any atom is -0.343 e. The van der Waals surface area contributed by atoms with E-state index >= 15 is 0 Å². The first-order valence-electron chi connectivity index (χ1n) is 12.6. The maximum atomic E-state index is 13.4. The molecule has 0 saturated carbocycles. The molecule has 38 heavy (non-hydrogen) atoms. The molecule has 1 fully saturated rings. The third-order valence-electron chi connectivity index (χ3n) is 6.71. The molecule has 1 aliphatic rings. The van der Waals surface area contributed by atoms with Crippen LogP contribution in [-0.4, -0.2) is 49.6 Å². The molecular weight excluding hydrogens is 503 g/mol. The molecule has 196 valence electrons. The van der Waals surface area contributed by atoms with Gasteiger partial charge in [-0.3, -0.25) is 9.59 Å². The van der Waals surface area contributed by atoms with Crippen molar-refractivity contribution in [3.63, 3.8) is 0 Å². The monoisotopic (exact) mass is 532 g/mol. The van der Waals surface area contributed by atoms with Crippen LogP contribution >= 0.6 is 11.3 Å². The van der Waals surface area contributed by atoms with Crippen LogP contribution in [0.1, 0.15) is 57.6 Å². The Morgan fingerprint density at radius 2 is 1.95 bits per heavy atom. The lowest BCUT2D eigenvalue weighted by Crippen LogP contribution is -2.38. The van der Waals surface area contributed by atoms with Gasteiger partial charge in [-0.2, -0.15) is 5.10 Å². The number of halogens is 1. The largest absolute Gasteiger partial charge is 0.343 e. The molecule has 1 N–H and O–H groups in total. The normalized spacial score (nSPS) is 14.0. The van der Waals surface area contributed by atoms with E-state index in [9.17, 15) is 14.0 Å². The molecule has 0 radical (unpaired) electrons. The number of hydrogen-bond donors (Lipinski definition) is 1. The van der Waals surface area contributed by atoms with Crippen LogP contribution in [0.5, 0.6) is 0 Å². The Labute approximate surface area is 224 Å². The SMILES string of the molecule is Cc1cc(C)n(-c2ncccc2NC(=O)c2csc(C3CCN(C(=O)CCc4cccc(F)c4)CC3)n2)n1. The summed E-state index contributed by atoms with van der Waals surface area (Å²) in [6.45, 7) is 5.15. The molecule has 4 heterocycles. The lowest BCUT2D eigenvalue weighted by atomic mass is 9.97. The van der Waals surface area contributed by atoms with Crippen molar-refractivity contribution in [2.75, 3.05) is 18.4 Å². The van der Waals surface area contributed by atoms with Crippen LogP contribution in [0.15, 0.2) is 54.0 Å². The number of pyridine rings is 1. The lowest BCUT2D eigenvalue weighted by Gasteiger charge is -2.31. The summed E-state index contributed by atoms with van der Waals surface area (Å²) in [5.41, 5.74) is 3.54. The fraction of sp³-hybridized carbons (Fsp3) is 0.321. The van der Waals surface area contributed by atoms with E-state index in [0.717, 1.165) is 34.8 Å². The topological polar surface area (TPSA) is 93.0 Å². The first-order valence-corrected chi connectivity index (χ1v) is 13.5. The van der Waals surface area contributed by atoms with Crippen molar-refractivity contribution < 1.29 is 14.0 Å². The number of likely N-dealkylation sites (tertiary alicyclic amines) is 1. The van der Waals surface area contributed by atoms with Crippen molar-refractivity contribution in [1.82, 2.24) is 24.6 Å². The number of nitrogens with one attached hydrogen (secondary N) is 1. The molecule has 0 bridgehead atoms. The molecular formula is C28H29FN6O2S. The number of aryl methyl sites for hydroxylation is 3. The summed E-state index contributed by atoms with van der Waals surface area (Å²) >= 11 is 1.48. The third-order valence-corrected chi connectivity index (χ3v) is 7.72. The van der Waals surface area contributed by atoms with Crippen molar-refractivity contribution in [2.45, 2.75) is 45.4 Å². The molecule has 2 amide bonds. The fourth-order valence-electron chi connectivity index (χ4n) is 4.75. The zero-order valence-corrected chi connectivity index (χ0v) is 22.2. The van der Waals surface area contributed by atoms with Crippen LogP contribution in [0.25, 0.3) is 5.82 Å². The van der Waals surface area contributed by atoms with Gasteiger partial charge in [-0.05, 0) is 69.0 Å². The van der Waals surface area contributed by atoms with E-state index in [1.807, 2.05) is 30.9 Å². The zero-order chi connectivity index (χ0) is 26.6. The molecule has 8 nitrogen and oxygen atoms in total. The predicted molar refractivity (Wildman–Crippen MR) is 144 cm³/mol. The molecule has 0 spiro atoms. The number of benzene rings is 1. The highest BCUT2D eigenvalue weighted by Gasteiger charge is 2.26. The van der Waals surface area contributed by atoms with Gasteiger partial charge in [-0.1, -0.05) is 12.1 Å². The van der Waals surface area contributed by atoms with Crippen LogP contribution in [0.2, 0.25) is 0 Å². The second kappa shape index (κ2) is 11.2. The Hall–Kier alpha value is -3.92. The second-order valence-corrected chi connectivity index (χ2v) is 10.4. The van der Waals surface area contributed by atoms with Crippen molar-refractivity contribution in [2.24, 2.45) is 0 Å². The Balaban J connectivity index is 1.17. The number of nitrogens with zero attached hydrogens (tertiary/aromatic N) is 5. The van der Waals surface area contributed by atoms with Crippen LogP contribution < -0.4 is 5.32 Å². The number of piperidine rings is 1. The molecule has 10 heteroatoms. The number of carbonyl (C=O) groups is 2. The molecule has 0 unspecified atom stereocenters. The minimum atomic E-state index is -0.298. The van der Waals surface area contributed by atoms with Crippen LogP contribution in [0.4, 0.5) is 10.1 Å². The van der Waals surface area contributed by atoms with Gasteiger partial charge in [0.15, 0.2) is 5.82 Å². The summed E-state index contributed by atoms with van der Waals surface area (Å²) in [6.07, 6.45) is 4.15. The van der Waals surface area contributed by atoms with Crippen LogP contribution in [0.3, 0.4) is 0 Å². The third kappa shape index (κ3) is 5.80. The number of hydrogen-bond acceptors (Lipinski definition) is 6. The van der Waals surface area contributed by atoms with Gasteiger partial charge in [-0.15, -0.1) is 11.3 Å². The van der Waals surface area contributed by atoms with Gasteiger partial charge in [0, 0.05) is 42.7 Å². The van der Waals surface area contributed by atoms with Crippen molar-refractivity contribution in [3.8, 4) is 5.82 Å². The number of thiazole rings is 1. The first-order chi connectivity index (χ1) is 18.4. The molecule has 0 atom stereocenters. The van der Waals surface area contributed by atoms with E-state index in [1.54, 1.807) is 34.5 Å². The standard InChI is InChI=1S/C28H29FN6O2S/c1-18-15-19(2)35(33-18)26-23(7-4-12-30-26)31-27(37)24-17-38-28(32-24)21-10-13-34(14-11-21)25(36)9-8-20-5-3-6-22(29)16-20/h3-7,12,15-17,21H,8-11,13-14H2,1-2H3,(H,31,37). The summed E-state index contributed by atoms with van der Waals surface area (Å²) in [5, 5.41) is 10.1. The summed E-state index contributed by atoms with van der Waals surface area (Å²) in [5.74, 6) is 0.264. The highest BCUT2D eigenvalue weighted by Crippen LogP contribution is 2.31. The van der Waals surface area contributed by atoms with Crippen LogP contribution in [0, 0.1) is 19.7 Å². The first kappa shape index (κ1) is 25.7. The van der Waals surface area contributed by atoms with E-state index < -0.39 is 0 Å². The van der Waals surface area contributed by atoms with Crippen molar-refractivity contribution in [1.29, 1.82) is 0 Å². The summed E-state index contributed by atoms with van der Waals surface area (Å²) in [6, 6.07) is 11.9. The molecule has 3 aromatic heterocycles. The average molecular weight is 533 g/mol. The van der Waals surface area contributed by atoms with Gasteiger partial charge < -0.3 is 10.2 Å². The Morgan fingerprint density at radius 1 is 1.13 bits per heavy atom. The number of anilines is 1. The minimum absolute atomic E-state index is 0.0850. The van der Waals surface area contributed by atoms with Gasteiger partial charge >= 0.3 is 0 Å². The van der Waals surface area contributed by atoms with E-state index in [0.29, 0.717) is 43.1 Å². The quantitative estimate of drug-likeness (QED) is 0.359. The number of carbonyl (C=O) groups excluding carboxylic acids is 2. The predicted octanol–water partition coefficient (Wildman–Crippen LogP) is 5.07. The summed E-state index contributed by atoms with van der Waals surface area (Å²) < 4.78 is 15.1. The van der Waals surface area contributed by atoms with E-state index in [-0.39, 0.29) is 23.5 Å². The summed E-state index contributed by atoms with van der Waals surface area (Å²) in [7, 11) is 0. The lowest BCUT2D eigenvalue weighted by molar-refractivity contribution is -0.132. The van der Waals surface area contributed by atoms with Crippen molar-refractivity contribution >= 4 is 28.8 Å². The smallest absolute Gasteiger partial charge is 0.275 e. The number of amides is 2. The van der Waals surface area contributed by atoms with Gasteiger partial charge in [-0.25, -0.2) is 19.0 Å². The molecule has 0 aliphatic carbocycles. The Kier molecular flexibility index (Phi) is 7.59. The second-order valence-electron chi connectivity index (χ2n) is 9.52. The van der Waals surface area contributed by atoms with Gasteiger partial charge in [0.2, 0.25) is 5.91 Å². The fourth-order valence-corrected chi connectivity index (χ4v) is 5.72. The van der Waals surface area contributed by atoms with Crippen molar-refractivity contribution in [3.05, 3.63) is 87.5 Å². The molecule has 1 saturated heterocycles.